The summed E-state index contributed by atoms with van der Waals surface area (Å²) in [6.07, 6.45) is 0.779. The SMILES string of the molecule is CC(C)n1nc(C=O)cc1-c1ccc(Br)cc1. The molecule has 1 heterocycles. The Balaban J connectivity index is 2.53. The van der Waals surface area contributed by atoms with Gasteiger partial charge in [0.25, 0.3) is 0 Å². The maximum Gasteiger partial charge on any atom is 0.170 e. The van der Waals surface area contributed by atoms with Gasteiger partial charge in [0.2, 0.25) is 0 Å². The van der Waals surface area contributed by atoms with Crippen molar-refractivity contribution in [3.63, 3.8) is 0 Å². The standard InChI is InChI=1S/C13H13BrN2O/c1-9(2)16-13(7-12(8-17)15-16)10-3-5-11(14)6-4-10/h3-9H,1-2H3. The first-order chi connectivity index (χ1) is 8.11. The van der Waals surface area contributed by atoms with Crippen molar-refractivity contribution in [2.75, 3.05) is 0 Å². The first-order valence-corrected chi connectivity index (χ1v) is 6.22. The van der Waals surface area contributed by atoms with Crippen molar-refractivity contribution in [1.29, 1.82) is 0 Å². The van der Waals surface area contributed by atoms with Crippen molar-refractivity contribution in [3.8, 4) is 11.3 Å². The van der Waals surface area contributed by atoms with Crippen molar-refractivity contribution >= 4 is 22.2 Å². The lowest BCUT2D eigenvalue weighted by Crippen LogP contribution is -2.05. The zero-order chi connectivity index (χ0) is 12.4. The van der Waals surface area contributed by atoms with E-state index >= 15 is 0 Å². The molecule has 0 saturated carbocycles. The van der Waals surface area contributed by atoms with Crippen molar-refractivity contribution < 1.29 is 4.79 Å². The van der Waals surface area contributed by atoms with Gasteiger partial charge >= 0.3 is 0 Å². The summed E-state index contributed by atoms with van der Waals surface area (Å²) in [4.78, 5) is 10.8. The average Bonchev–Trinajstić information content (AvgIpc) is 2.74. The summed E-state index contributed by atoms with van der Waals surface area (Å²) in [6, 6.07) is 10.0. The number of hydrogen-bond donors (Lipinski definition) is 0. The zero-order valence-corrected chi connectivity index (χ0v) is 11.3. The number of carbonyl (C=O) groups is 1. The van der Waals surface area contributed by atoms with Crippen molar-refractivity contribution in [2.24, 2.45) is 0 Å². The molecule has 88 valence electrons. The highest BCUT2D eigenvalue weighted by atomic mass is 79.9. The smallest absolute Gasteiger partial charge is 0.170 e. The molecule has 0 fully saturated rings. The fourth-order valence-corrected chi connectivity index (χ4v) is 1.97. The van der Waals surface area contributed by atoms with Crippen LogP contribution < -0.4 is 0 Å². The van der Waals surface area contributed by atoms with E-state index in [-0.39, 0.29) is 6.04 Å². The van der Waals surface area contributed by atoms with Crippen LogP contribution in [0.25, 0.3) is 11.3 Å². The van der Waals surface area contributed by atoms with Crippen LogP contribution >= 0.6 is 15.9 Å². The fourth-order valence-electron chi connectivity index (χ4n) is 1.70. The van der Waals surface area contributed by atoms with Gasteiger partial charge in [-0.05, 0) is 37.6 Å². The number of carbonyl (C=O) groups excluding carboxylic acids is 1. The maximum absolute atomic E-state index is 10.8. The normalized spacial score (nSPS) is 10.8. The Bertz CT molecular complexity index is 529. The largest absolute Gasteiger partial charge is 0.296 e. The summed E-state index contributed by atoms with van der Waals surface area (Å²) in [5, 5.41) is 4.26. The van der Waals surface area contributed by atoms with Crippen molar-refractivity contribution in [3.05, 3.63) is 40.5 Å². The highest BCUT2D eigenvalue weighted by molar-refractivity contribution is 9.10. The molecule has 0 spiro atoms. The minimum absolute atomic E-state index is 0.224. The summed E-state index contributed by atoms with van der Waals surface area (Å²) in [5.74, 6) is 0. The van der Waals surface area contributed by atoms with E-state index in [1.807, 2.05) is 48.9 Å². The highest BCUT2D eigenvalue weighted by Gasteiger charge is 2.11. The second kappa shape index (κ2) is 4.84. The van der Waals surface area contributed by atoms with E-state index in [0.717, 1.165) is 22.0 Å². The van der Waals surface area contributed by atoms with Gasteiger partial charge in [0.1, 0.15) is 5.69 Å². The second-order valence-electron chi connectivity index (χ2n) is 4.12. The predicted molar refractivity (Wildman–Crippen MR) is 71.1 cm³/mol. The molecule has 0 aliphatic carbocycles. The maximum atomic E-state index is 10.8. The molecule has 0 aliphatic heterocycles. The lowest BCUT2D eigenvalue weighted by molar-refractivity contribution is 0.111. The van der Waals surface area contributed by atoms with E-state index in [1.165, 1.54) is 0 Å². The van der Waals surface area contributed by atoms with Crippen LogP contribution in [0.3, 0.4) is 0 Å². The van der Waals surface area contributed by atoms with Crippen LogP contribution in [0.2, 0.25) is 0 Å². The van der Waals surface area contributed by atoms with Crippen molar-refractivity contribution in [2.45, 2.75) is 19.9 Å². The number of aldehydes is 1. The van der Waals surface area contributed by atoms with Crippen molar-refractivity contribution in [1.82, 2.24) is 9.78 Å². The lowest BCUT2D eigenvalue weighted by Gasteiger charge is -2.10. The molecule has 2 aromatic rings. The molecule has 1 aromatic heterocycles. The lowest BCUT2D eigenvalue weighted by atomic mass is 10.1. The van der Waals surface area contributed by atoms with E-state index in [9.17, 15) is 4.79 Å². The Hall–Kier alpha value is -1.42. The Labute approximate surface area is 109 Å². The first kappa shape index (κ1) is 12.0. The Kier molecular flexibility index (Phi) is 3.43. The summed E-state index contributed by atoms with van der Waals surface area (Å²) in [6.45, 7) is 4.09. The Morgan fingerprint density at radius 3 is 2.47 bits per heavy atom. The number of hydrogen-bond acceptors (Lipinski definition) is 2. The first-order valence-electron chi connectivity index (χ1n) is 5.42. The fraction of sp³-hybridized carbons (Fsp3) is 0.231. The van der Waals surface area contributed by atoms with Gasteiger partial charge in [-0.1, -0.05) is 28.1 Å². The van der Waals surface area contributed by atoms with Crippen LogP contribution in [0.5, 0.6) is 0 Å². The molecule has 1 aromatic carbocycles. The summed E-state index contributed by atoms with van der Waals surface area (Å²) >= 11 is 3.41. The molecule has 0 saturated heterocycles. The number of benzene rings is 1. The molecule has 0 unspecified atom stereocenters. The van der Waals surface area contributed by atoms with Gasteiger partial charge in [-0.3, -0.25) is 9.48 Å². The van der Waals surface area contributed by atoms with Gasteiger partial charge in [-0.15, -0.1) is 0 Å². The molecule has 2 rings (SSSR count). The van der Waals surface area contributed by atoms with E-state index in [0.29, 0.717) is 5.69 Å². The third-order valence-electron chi connectivity index (χ3n) is 2.50. The average molecular weight is 293 g/mol. The summed E-state index contributed by atoms with van der Waals surface area (Å²) in [7, 11) is 0. The molecule has 4 heteroatoms. The highest BCUT2D eigenvalue weighted by Crippen LogP contribution is 2.24. The Morgan fingerprint density at radius 2 is 1.94 bits per heavy atom. The number of halogens is 1. The van der Waals surface area contributed by atoms with Crippen LogP contribution in [0.1, 0.15) is 30.4 Å². The number of nitrogens with zero attached hydrogens (tertiary/aromatic N) is 2. The minimum atomic E-state index is 0.224. The zero-order valence-electron chi connectivity index (χ0n) is 9.72. The summed E-state index contributed by atoms with van der Waals surface area (Å²) in [5.41, 5.74) is 2.49. The molecule has 0 N–H and O–H groups in total. The quantitative estimate of drug-likeness (QED) is 0.809. The molecule has 3 nitrogen and oxygen atoms in total. The van der Waals surface area contributed by atoms with Gasteiger partial charge in [-0.2, -0.15) is 5.10 Å². The van der Waals surface area contributed by atoms with E-state index in [2.05, 4.69) is 21.0 Å². The van der Waals surface area contributed by atoms with Crippen LogP contribution in [0, 0.1) is 0 Å². The molecular formula is C13H13BrN2O. The monoisotopic (exact) mass is 292 g/mol. The Morgan fingerprint density at radius 1 is 1.29 bits per heavy atom. The van der Waals surface area contributed by atoms with Gasteiger partial charge in [0, 0.05) is 10.5 Å². The molecule has 0 atom stereocenters. The van der Waals surface area contributed by atoms with Crippen LogP contribution in [-0.2, 0) is 0 Å². The van der Waals surface area contributed by atoms with Gasteiger partial charge in [-0.25, -0.2) is 0 Å². The minimum Gasteiger partial charge on any atom is -0.296 e. The number of rotatable bonds is 3. The topological polar surface area (TPSA) is 34.9 Å². The third-order valence-corrected chi connectivity index (χ3v) is 3.03. The molecule has 0 aliphatic rings. The van der Waals surface area contributed by atoms with Crippen LogP contribution in [-0.4, -0.2) is 16.1 Å². The van der Waals surface area contributed by atoms with Crippen LogP contribution in [0.15, 0.2) is 34.8 Å². The van der Waals surface area contributed by atoms with E-state index in [1.54, 1.807) is 0 Å². The van der Waals surface area contributed by atoms with Gasteiger partial charge in [0.05, 0.1) is 5.69 Å². The third kappa shape index (κ3) is 2.47. The predicted octanol–water partition coefficient (Wildman–Crippen LogP) is 3.71. The molecule has 17 heavy (non-hydrogen) atoms. The second-order valence-corrected chi connectivity index (χ2v) is 5.03. The number of aromatic nitrogens is 2. The van der Waals surface area contributed by atoms with E-state index in [4.69, 9.17) is 0 Å². The molecule has 0 bridgehead atoms. The van der Waals surface area contributed by atoms with Crippen LogP contribution in [0.4, 0.5) is 0 Å². The molecular weight excluding hydrogens is 280 g/mol. The van der Waals surface area contributed by atoms with E-state index < -0.39 is 0 Å². The van der Waals surface area contributed by atoms with Gasteiger partial charge < -0.3 is 0 Å². The molecule has 0 radical (unpaired) electrons. The molecule has 0 amide bonds. The summed E-state index contributed by atoms with van der Waals surface area (Å²) < 4.78 is 2.90. The van der Waals surface area contributed by atoms with Gasteiger partial charge in [0.15, 0.2) is 6.29 Å².